The Hall–Kier alpha value is -0.870. The highest BCUT2D eigenvalue weighted by Gasteiger charge is 2.04. The summed E-state index contributed by atoms with van der Waals surface area (Å²) in [6.45, 7) is 2.63. The van der Waals surface area contributed by atoms with Gasteiger partial charge in [0.1, 0.15) is 0 Å². The lowest BCUT2D eigenvalue weighted by Crippen LogP contribution is -2.03. The van der Waals surface area contributed by atoms with Gasteiger partial charge in [0.25, 0.3) is 0 Å². The first kappa shape index (κ1) is 10.6. The topological polar surface area (TPSA) is 30.7 Å². The van der Waals surface area contributed by atoms with Crippen LogP contribution in [0.4, 0.5) is 0 Å². The summed E-state index contributed by atoms with van der Waals surface area (Å²) in [6.07, 6.45) is 5.23. The van der Waals surface area contributed by atoms with Crippen LogP contribution >= 0.6 is 27.5 Å². The van der Waals surface area contributed by atoms with E-state index in [0.29, 0.717) is 11.6 Å². The van der Waals surface area contributed by atoms with Gasteiger partial charge in [0, 0.05) is 16.9 Å². The Morgan fingerprint density at radius 3 is 2.80 bits per heavy atom. The highest BCUT2D eigenvalue weighted by atomic mass is 79.9. The molecule has 0 N–H and O–H groups in total. The SMILES string of the molecule is Cc1c(Cl)cnn1Cc1cncc(Br)c1. The molecule has 0 amide bonds. The predicted molar refractivity (Wildman–Crippen MR) is 63.0 cm³/mol. The van der Waals surface area contributed by atoms with Gasteiger partial charge in [0.05, 0.1) is 23.5 Å². The molecule has 2 rings (SSSR count). The summed E-state index contributed by atoms with van der Waals surface area (Å²) in [5.41, 5.74) is 2.06. The highest BCUT2D eigenvalue weighted by Crippen LogP contribution is 2.16. The summed E-state index contributed by atoms with van der Waals surface area (Å²) >= 11 is 9.30. The van der Waals surface area contributed by atoms with Crippen molar-refractivity contribution in [2.24, 2.45) is 0 Å². The van der Waals surface area contributed by atoms with E-state index in [1.807, 2.05) is 23.9 Å². The van der Waals surface area contributed by atoms with Gasteiger partial charge in [0.15, 0.2) is 0 Å². The third-order valence-electron chi connectivity index (χ3n) is 2.14. The average molecular weight is 287 g/mol. The molecular formula is C10H9BrClN3. The molecular weight excluding hydrogens is 277 g/mol. The standard InChI is InChI=1S/C10H9BrClN3/c1-7-10(12)5-14-15(7)6-8-2-9(11)4-13-3-8/h2-5H,6H2,1H3. The molecule has 15 heavy (non-hydrogen) atoms. The molecule has 0 atom stereocenters. The van der Waals surface area contributed by atoms with E-state index in [1.165, 1.54) is 0 Å². The van der Waals surface area contributed by atoms with Crippen molar-refractivity contribution in [1.82, 2.24) is 14.8 Å². The minimum absolute atomic E-state index is 0.686. The molecule has 78 valence electrons. The Kier molecular flexibility index (Phi) is 3.07. The second-order valence-corrected chi connectivity index (χ2v) is 4.57. The third-order valence-corrected chi connectivity index (χ3v) is 2.94. The quantitative estimate of drug-likeness (QED) is 0.849. The normalized spacial score (nSPS) is 10.6. The number of aromatic nitrogens is 3. The number of nitrogens with zero attached hydrogens (tertiary/aromatic N) is 3. The Bertz CT molecular complexity index is 481. The van der Waals surface area contributed by atoms with Crippen molar-refractivity contribution in [3.05, 3.63) is 45.4 Å². The minimum atomic E-state index is 0.686. The Labute approximate surface area is 101 Å². The van der Waals surface area contributed by atoms with Crippen LogP contribution in [0, 0.1) is 6.92 Å². The maximum atomic E-state index is 5.92. The molecule has 0 aliphatic carbocycles. The molecule has 0 saturated heterocycles. The van der Waals surface area contributed by atoms with Crippen molar-refractivity contribution < 1.29 is 0 Å². The number of pyridine rings is 1. The lowest BCUT2D eigenvalue weighted by atomic mass is 10.3. The largest absolute Gasteiger partial charge is 0.264 e. The molecule has 0 saturated carbocycles. The minimum Gasteiger partial charge on any atom is -0.264 e. The van der Waals surface area contributed by atoms with Gasteiger partial charge in [-0.25, -0.2) is 0 Å². The summed E-state index contributed by atoms with van der Waals surface area (Å²) < 4.78 is 2.82. The molecule has 0 radical (unpaired) electrons. The molecule has 0 spiro atoms. The van der Waals surface area contributed by atoms with Crippen LogP contribution in [-0.4, -0.2) is 14.8 Å². The fourth-order valence-electron chi connectivity index (χ4n) is 1.30. The van der Waals surface area contributed by atoms with Crippen LogP contribution in [0.15, 0.2) is 29.1 Å². The van der Waals surface area contributed by atoms with Crippen LogP contribution in [0.5, 0.6) is 0 Å². The molecule has 0 aromatic carbocycles. The van der Waals surface area contributed by atoms with Crippen molar-refractivity contribution in [3.63, 3.8) is 0 Å². The summed E-state index contributed by atoms with van der Waals surface area (Å²) in [5, 5.41) is 4.87. The molecule has 0 fully saturated rings. The van der Waals surface area contributed by atoms with Gasteiger partial charge in [-0.05, 0) is 34.5 Å². The van der Waals surface area contributed by atoms with Crippen molar-refractivity contribution in [2.45, 2.75) is 13.5 Å². The smallest absolute Gasteiger partial charge is 0.0815 e. The van der Waals surface area contributed by atoms with Crippen LogP contribution in [0.25, 0.3) is 0 Å². The maximum Gasteiger partial charge on any atom is 0.0815 e. The number of hydrogen-bond donors (Lipinski definition) is 0. The lowest BCUT2D eigenvalue weighted by molar-refractivity contribution is 0.663. The van der Waals surface area contributed by atoms with E-state index in [0.717, 1.165) is 15.7 Å². The third kappa shape index (κ3) is 2.38. The number of rotatable bonds is 2. The molecule has 2 heterocycles. The molecule has 0 aliphatic heterocycles. The zero-order valence-electron chi connectivity index (χ0n) is 8.11. The van der Waals surface area contributed by atoms with Gasteiger partial charge in [-0.1, -0.05) is 11.6 Å². The fourth-order valence-corrected chi connectivity index (χ4v) is 1.85. The first-order chi connectivity index (χ1) is 7.16. The second-order valence-electron chi connectivity index (χ2n) is 3.25. The molecule has 2 aromatic heterocycles. The van der Waals surface area contributed by atoms with Crippen molar-refractivity contribution in [1.29, 1.82) is 0 Å². The molecule has 0 aliphatic rings. The monoisotopic (exact) mass is 285 g/mol. The first-order valence-electron chi connectivity index (χ1n) is 4.44. The fraction of sp³-hybridized carbons (Fsp3) is 0.200. The van der Waals surface area contributed by atoms with Crippen molar-refractivity contribution in [3.8, 4) is 0 Å². The zero-order valence-corrected chi connectivity index (χ0v) is 10.5. The van der Waals surface area contributed by atoms with Crippen LogP contribution in [-0.2, 0) is 6.54 Å². The van der Waals surface area contributed by atoms with Gasteiger partial charge < -0.3 is 0 Å². The number of hydrogen-bond acceptors (Lipinski definition) is 2. The van der Waals surface area contributed by atoms with E-state index in [1.54, 1.807) is 12.4 Å². The van der Waals surface area contributed by atoms with E-state index in [4.69, 9.17) is 11.6 Å². The summed E-state index contributed by atoms with van der Waals surface area (Å²) in [4.78, 5) is 4.10. The maximum absolute atomic E-state index is 5.92. The zero-order chi connectivity index (χ0) is 10.8. The van der Waals surface area contributed by atoms with E-state index in [-0.39, 0.29) is 0 Å². The molecule has 2 aromatic rings. The van der Waals surface area contributed by atoms with Gasteiger partial charge in [-0.2, -0.15) is 5.10 Å². The van der Waals surface area contributed by atoms with Crippen LogP contribution in [0.2, 0.25) is 5.02 Å². The Morgan fingerprint density at radius 2 is 2.20 bits per heavy atom. The predicted octanol–water partition coefficient (Wildman–Crippen LogP) is 3.05. The van der Waals surface area contributed by atoms with Crippen LogP contribution < -0.4 is 0 Å². The molecule has 3 nitrogen and oxygen atoms in total. The van der Waals surface area contributed by atoms with Crippen LogP contribution in [0.1, 0.15) is 11.3 Å². The molecule has 0 bridgehead atoms. The Balaban J connectivity index is 2.26. The van der Waals surface area contributed by atoms with Gasteiger partial charge in [-0.3, -0.25) is 9.67 Å². The van der Waals surface area contributed by atoms with Gasteiger partial charge >= 0.3 is 0 Å². The summed E-state index contributed by atoms with van der Waals surface area (Å²) in [6, 6.07) is 2.02. The van der Waals surface area contributed by atoms with Crippen molar-refractivity contribution >= 4 is 27.5 Å². The molecule has 0 unspecified atom stereocenters. The summed E-state index contributed by atoms with van der Waals surface area (Å²) in [5.74, 6) is 0. The van der Waals surface area contributed by atoms with E-state index in [9.17, 15) is 0 Å². The lowest BCUT2D eigenvalue weighted by Gasteiger charge is -2.04. The first-order valence-corrected chi connectivity index (χ1v) is 5.61. The highest BCUT2D eigenvalue weighted by molar-refractivity contribution is 9.10. The van der Waals surface area contributed by atoms with Crippen molar-refractivity contribution in [2.75, 3.05) is 0 Å². The second kappa shape index (κ2) is 4.33. The molecule has 5 heteroatoms. The van der Waals surface area contributed by atoms with Gasteiger partial charge in [0.2, 0.25) is 0 Å². The van der Waals surface area contributed by atoms with Gasteiger partial charge in [-0.15, -0.1) is 0 Å². The Morgan fingerprint density at radius 1 is 1.40 bits per heavy atom. The van der Waals surface area contributed by atoms with E-state index in [2.05, 4.69) is 26.0 Å². The van der Waals surface area contributed by atoms with E-state index < -0.39 is 0 Å². The van der Waals surface area contributed by atoms with E-state index >= 15 is 0 Å². The average Bonchev–Trinajstić information content (AvgIpc) is 2.50. The summed E-state index contributed by atoms with van der Waals surface area (Å²) in [7, 11) is 0. The van der Waals surface area contributed by atoms with Crippen LogP contribution in [0.3, 0.4) is 0 Å². The number of halogens is 2.